The number of amides is 2. The fourth-order valence-corrected chi connectivity index (χ4v) is 2.78. The Balaban J connectivity index is 1.92. The Bertz CT molecular complexity index is 350. The molecular formula is C15H26N2O2. The molecule has 0 aromatic carbocycles. The summed E-state index contributed by atoms with van der Waals surface area (Å²) in [5, 5.41) is 2.86. The fourth-order valence-electron chi connectivity index (χ4n) is 2.78. The molecule has 108 valence electrons. The summed E-state index contributed by atoms with van der Waals surface area (Å²) in [5.41, 5.74) is 0. The maximum Gasteiger partial charge on any atom is 0.245 e. The first-order chi connectivity index (χ1) is 8.99. The number of carbonyl (C=O) groups excluding carboxylic acids is 2. The second kappa shape index (κ2) is 5.93. The second-order valence-electron chi connectivity index (χ2n) is 6.48. The minimum atomic E-state index is -0.315. The topological polar surface area (TPSA) is 49.4 Å². The van der Waals surface area contributed by atoms with Crippen LogP contribution in [0.3, 0.4) is 0 Å². The first-order valence-corrected chi connectivity index (χ1v) is 7.60. The standard InChI is InChI=1S/C15H26N2O2/c1-10(2)9-13-15(19)17(11(3)14(18)16-13)8-4-5-12-6-7-12/h10-13H,4-9H2,1-3H3,(H,16,18). The van der Waals surface area contributed by atoms with Gasteiger partial charge in [-0.1, -0.05) is 26.7 Å². The van der Waals surface area contributed by atoms with Gasteiger partial charge in [0.15, 0.2) is 0 Å². The van der Waals surface area contributed by atoms with E-state index in [1.54, 1.807) is 4.90 Å². The highest BCUT2D eigenvalue weighted by Gasteiger charge is 2.37. The van der Waals surface area contributed by atoms with Crippen LogP contribution in [0.2, 0.25) is 0 Å². The van der Waals surface area contributed by atoms with Gasteiger partial charge < -0.3 is 10.2 Å². The molecule has 1 saturated carbocycles. The number of rotatable bonds is 6. The van der Waals surface area contributed by atoms with E-state index in [2.05, 4.69) is 19.2 Å². The Labute approximate surface area is 115 Å². The lowest BCUT2D eigenvalue weighted by Crippen LogP contribution is -2.62. The van der Waals surface area contributed by atoms with Crippen LogP contribution in [0, 0.1) is 11.8 Å². The van der Waals surface area contributed by atoms with E-state index in [1.807, 2.05) is 6.92 Å². The molecule has 0 bridgehead atoms. The van der Waals surface area contributed by atoms with Crippen molar-refractivity contribution in [2.24, 2.45) is 11.8 Å². The van der Waals surface area contributed by atoms with Gasteiger partial charge in [-0.05, 0) is 38.0 Å². The summed E-state index contributed by atoms with van der Waals surface area (Å²) in [7, 11) is 0. The minimum Gasteiger partial charge on any atom is -0.343 e. The van der Waals surface area contributed by atoms with Gasteiger partial charge >= 0.3 is 0 Å². The van der Waals surface area contributed by atoms with Crippen LogP contribution in [0.4, 0.5) is 0 Å². The quantitative estimate of drug-likeness (QED) is 0.798. The molecule has 1 aliphatic carbocycles. The van der Waals surface area contributed by atoms with Crippen molar-refractivity contribution in [1.29, 1.82) is 0 Å². The fraction of sp³-hybridized carbons (Fsp3) is 0.867. The normalized spacial score (nSPS) is 27.9. The highest BCUT2D eigenvalue weighted by molar-refractivity contribution is 5.96. The third-order valence-electron chi connectivity index (χ3n) is 4.16. The number of piperazine rings is 1. The molecule has 0 spiro atoms. The van der Waals surface area contributed by atoms with Crippen molar-refractivity contribution in [3.05, 3.63) is 0 Å². The van der Waals surface area contributed by atoms with Crippen LogP contribution < -0.4 is 5.32 Å². The first kappa shape index (κ1) is 14.4. The summed E-state index contributed by atoms with van der Waals surface area (Å²) in [4.78, 5) is 26.2. The third-order valence-corrected chi connectivity index (χ3v) is 4.16. The number of carbonyl (C=O) groups is 2. The molecule has 2 aliphatic rings. The highest BCUT2D eigenvalue weighted by atomic mass is 16.2. The Morgan fingerprint density at radius 2 is 2.00 bits per heavy atom. The van der Waals surface area contributed by atoms with Gasteiger partial charge in [0.25, 0.3) is 0 Å². The van der Waals surface area contributed by atoms with Crippen molar-refractivity contribution in [2.75, 3.05) is 6.54 Å². The van der Waals surface area contributed by atoms with Gasteiger partial charge in [0.1, 0.15) is 12.1 Å². The molecule has 19 heavy (non-hydrogen) atoms. The molecule has 1 saturated heterocycles. The molecule has 4 nitrogen and oxygen atoms in total. The van der Waals surface area contributed by atoms with Crippen molar-refractivity contribution in [1.82, 2.24) is 10.2 Å². The largest absolute Gasteiger partial charge is 0.343 e. The van der Waals surface area contributed by atoms with Gasteiger partial charge in [-0.2, -0.15) is 0 Å². The van der Waals surface area contributed by atoms with E-state index in [4.69, 9.17) is 0 Å². The Hall–Kier alpha value is -1.06. The maximum absolute atomic E-state index is 12.4. The van der Waals surface area contributed by atoms with Crippen LogP contribution in [0.1, 0.15) is 52.9 Å². The number of hydrogen-bond acceptors (Lipinski definition) is 2. The Morgan fingerprint density at radius 3 is 2.58 bits per heavy atom. The molecule has 2 fully saturated rings. The molecule has 2 atom stereocenters. The molecule has 1 heterocycles. The monoisotopic (exact) mass is 266 g/mol. The van der Waals surface area contributed by atoms with E-state index >= 15 is 0 Å². The van der Waals surface area contributed by atoms with Gasteiger partial charge in [0.2, 0.25) is 11.8 Å². The van der Waals surface area contributed by atoms with E-state index in [0.29, 0.717) is 5.92 Å². The SMILES string of the molecule is CC(C)CC1NC(=O)C(C)N(CCCC2CC2)C1=O. The summed E-state index contributed by atoms with van der Waals surface area (Å²) in [5.74, 6) is 1.40. The predicted molar refractivity (Wildman–Crippen MR) is 74.5 cm³/mol. The van der Waals surface area contributed by atoms with E-state index < -0.39 is 0 Å². The number of nitrogens with zero attached hydrogens (tertiary/aromatic N) is 1. The van der Waals surface area contributed by atoms with Gasteiger partial charge in [0, 0.05) is 6.54 Å². The van der Waals surface area contributed by atoms with Crippen LogP contribution in [0.15, 0.2) is 0 Å². The summed E-state index contributed by atoms with van der Waals surface area (Å²) >= 11 is 0. The van der Waals surface area contributed by atoms with Gasteiger partial charge in [-0.3, -0.25) is 9.59 Å². The summed E-state index contributed by atoms with van der Waals surface area (Å²) in [6, 6.07) is -0.625. The third kappa shape index (κ3) is 3.71. The van der Waals surface area contributed by atoms with Gasteiger partial charge in [-0.15, -0.1) is 0 Å². The first-order valence-electron chi connectivity index (χ1n) is 7.60. The molecule has 0 aromatic heterocycles. The highest BCUT2D eigenvalue weighted by Crippen LogP contribution is 2.33. The van der Waals surface area contributed by atoms with Crippen LogP contribution in [0.25, 0.3) is 0 Å². The maximum atomic E-state index is 12.4. The second-order valence-corrected chi connectivity index (χ2v) is 6.48. The zero-order valence-electron chi connectivity index (χ0n) is 12.3. The van der Waals surface area contributed by atoms with E-state index in [1.165, 1.54) is 19.3 Å². The summed E-state index contributed by atoms with van der Waals surface area (Å²) < 4.78 is 0. The average molecular weight is 266 g/mol. The molecular weight excluding hydrogens is 240 g/mol. The molecule has 4 heteroatoms. The van der Waals surface area contributed by atoms with Crippen molar-refractivity contribution >= 4 is 11.8 Å². The minimum absolute atomic E-state index is 0.00308. The molecule has 0 aromatic rings. The molecule has 0 radical (unpaired) electrons. The Kier molecular flexibility index (Phi) is 4.48. The smallest absolute Gasteiger partial charge is 0.245 e. The molecule has 2 rings (SSSR count). The van der Waals surface area contributed by atoms with Crippen molar-refractivity contribution < 1.29 is 9.59 Å². The number of nitrogens with one attached hydrogen (secondary N) is 1. The van der Waals surface area contributed by atoms with E-state index in [-0.39, 0.29) is 23.9 Å². The summed E-state index contributed by atoms with van der Waals surface area (Å²) in [6.45, 7) is 6.72. The van der Waals surface area contributed by atoms with Gasteiger partial charge in [0.05, 0.1) is 0 Å². The van der Waals surface area contributed by atoms with Crippen LogP contribution in [-0.4, -0.2) is 35.3 Å². The van der Waals surface area contributed by atoms with Crippen LogP contribution in [-0.2, 0) is 9.59 Å². The zero-order chi connectivity index (χ0) is 14.0. The van der Waals surface area contributed by atoms with Crippen molar-refractivity contribution in [3.63, 3.8) is 0 Å². The molecule has 2 amide bonds. The van der Waals surface area contributed by atoms with Crippen LogP contribution >= 0.6 is 0 Å². The lowest BCUT2D eigenvalue weighted by Gasteiger charge is -2.38. The Morgan fingerprint density at radius 1 is 1.32 bits per heavy atom. The number of hydrogen-bond donors (Lipinski definition) is 1. The van der Waals surface area contributed by atoms with Crippen molar-refractivity contribution in [3.8, 4) is 0 Å². The zero-order valence-corrected chi connectivity index (χ0v) is 12.3. The van der Waals surface area contributed by atoms with Crippen molar-refractivity contribution in [2.45, 2.75) is 65.0 Å². The lowest BCUT2D eigenvalue weighted by molar-refractivity contribution is -0.149. The lowest BCUT2D eigenvalue weighted by atomic mass is 9.98. The molecule has 2 unspecified atom stereocenters. The van der Waals surface area contributed by atoms with Gasteiger partial charge in [-0.25, -0.2) is 0 Å². The molecule has 1 aliphatic heterocycles. The van der Waals surface area contributed by atoms with E-state index in [0.717, 1.165) is 25.3 Å². The van der Waals surface area contributed by atoms with Crippen LogP contribution in [0.5, 0.6) is 0 Å². The van der Waals surface area contributed by atoms with E-state index in [9.17, 15) is 9.59 Å². The predicted octanol–water partition coefficient (Wildman–Crippen LogP) is 1.94. The average Bonchev–Trinajstić information content (AvgIpc) is 3.14. The molecule has 1 N–H and O–H groups in total. The summed E-state index contributed by atoms with van der Waals surface area (Å²) in [6.07, 6.45) is 5.66.